The molecule has 17 heavy (non-hydrogen) atoms. The maximum Gasteiger partial charge on any atom is 0.374 e. The van der Waals surface area contributed by atoms with Crippen LogP contribution in [-0.2, 0) is 14.4 Å². The van der Waals surface area contributed by atoms with Gasteiger partial charge in [0.05, 0.1) is 0 Å². The van der Waals surface area contributed by atoms with Gasteiger partial charge in [0, 0.05) is 5.38 Å². The van der Waals surface area contributed by atoms with Gasteiger partial charge in [-0.25, -0.2) is 14.6 Å². The highest BCUT2D eigenvalue weighted by atomic mass is 32.1. The molecule has 0 amide bonds. The van der Waals surface area contributed by atoms with Crippen LogP contribution >= 0.6 is 11.3 Å². The Hall–Kier alpha value is -2.42. The molecular weight excluding hydrogens is 250 g/mol. The molecule has 0 saturated carbocycles. The van der Waals surface area contributed by atoms with Crippen molar-refractivity contribution >= 4 is 34.1 Å². The molecule has 90 valence electrons. The fourth-order valence-electron chi connectivity index (χ4n) is 0.732. The largest absolute Gasteiger partial charge is 0.476 e. The lowest BCUT2D eigenvalue weighted by atomic mass is 10.3. The third-order valence-corrected chi connectivity index (χ3v) is 2.13. The van der Waals surface area contributed by atoms with Crippen molar-refractivity contribution in [1.29, 1.82) is 0 Å². The molecule has 1 aromatic rings. The molecule has 0 radical (unpaired) electrons. The van der Waals surface area contributed by atoms with E-state index >= 15 is 0 Å². The van der Waals surface area contributed by atoms with Crippen LogP contribution in [0.5, 0.6) is 0 Å². The number of oxime groups is 1. The monoisotopic (exact) mass is 257 g/mol. The van der Waals surface area contributed by atoms with Gasteiger partial charge < -0.3 is 20.8 Å². The van der Waals surface area contributed by atoms with Gasteiger partial charge in [0.2, 0.25) is 11.5 Å². The number of hydrogen-bond donors (Lipinski definition) is 3. The SMILES string of the molecule is C=C(O/N=C(/C(=O)O)c1csc(N)n1)C(=O)O. The maximum absolute atomic E-state index is 10.8. The number of hydrogen-bond acceptors (Lipinski definition) is 7. The third kappa shape index (κ3) is 3.28. The Morgan fingerprint density at radius 3 is 2.53 bits per heavy atom. The summed E-state index contributed by atoms with van der Waals surface area (Å²) in [6.45, 7) is 3.02. The molecule has 1 heterocycles. The lowest BCUT2D eigenvalue weighted by molar-refractivity contribution is -0.137. The number of carboxylic acid groups (broad SMARTS) is 2. The Bertz CT molecular complexity index is 507. The third-order valence-electron chi connectivity index (χ3n) is 1.45. The van der Waals surface area contributed by atoms with Gasteiger partial charge >= 0.3 is 11.9 Å². The second-order valence-corrected chi connectivity index (χ2v) is 3.53. The first-order valence-corrected chi connectivity index (χ1v) is 4.91. The zero-order valence-electron chi connectivity index (χ0n) is 8.28. The Morgan fingerprint density at radius 1 is 1.47 bits per heavy atom. The van der Waals surface area contributed by atoms with Crippen molar-refractivity contribution < 1.29 is 24.6 Å². The molecule has 4 N–H and O–H groups in total. The Balaban J connectivity index is 2.94. The van der Waals surface area contributed by atoms with Crippen LogP contribution in [0.2, 0.25) is 0 Å². The van der Waals surface area contributed by atoms with E-state index in [0.29, 0.717) is 0 Å². The van der Waals surface area contributed by atoms with Crippen LogP contribution in [0.3, 0.4) is 0 Å². The topological polar surface area (TPSA) is 135 Å². The number of nitrogens with two attached hydrogens (primary N) is 1. The molecular formula is C8H7N3O5S. The van der Waals surface area contributed by atoms with E-state index in [2.05, 4.69) is 21.6 Å². The van der Waals surface area contributed by atoms with Gasteiger partial charge in [-0.1, -0.05) is 5.16 Å². The number of nitrogens with zero attached hydrogens (tertiary/aromatic N) is 2. The van der Waals surface area contributed by atoms with Crippen LogP contribution < -0.4 is 5.73 Å². The summed E-state index contributed by atoms with van der Waals surface area (Å²) < 4.78 is 0. The molecule has 9 heteroatoms. The molecule has 0 aliphatic heterocycles. The average molecular weight is 257 g/mol. The molecule has 0 spiro atoms. The smallest absolute Gasteiger partial charge is 0.374 e. The zero-order valence-corrected chi connectivity index (χ0v) is 9.10. The van der Waals surface area contributed by atoms with Crippen LogP contribution in [0.25, 0.3) is 0 Å². The standard InChI is InChI=1S/C8H7N3O5S/c1-3(6(12)13)16-11-5(7(14)15)4-2-17-8(9)10-4/h2H,1H2,(H2,9,10)(H,12,13)(H,14,15)/b11-5+. The first kappa shape index (κ1) is 12.6. The van der Waals surface area contributed by atoms with Crippen molar-refractivity contribution in [2.75, 3.05) is 5.73 Å². The predicted molar refractivity (Wildman–Crippen MR) is 58.6 cm³/mol. The number of nitrogen functional groups attached to an aromatic ring is 1. The van der Waals surface area contributed by atoms with Gasteiger partial charge in [0.25, 0.3) is 0 Å². The van der Waals surface area contributed by atoms with E-state index in [1.807, 2.05) is 0 Å². The van der Waals surface area contributed by atoms with E-state index in [-0.39, 0.29) is 10.8 Å². The normalized spacial score (nSPS) is 10.9. The molecule has 0 aliphatic carbocycles. The molecule has 0 atom stereocenters. The van der Waals surface area contributed by atoms with Crippen LogP contribution in [-0.4, -0.2) is 32.8 Å². The summed E-state index contributed by atoms with van der Waals surface area (Å²) in [5.74, 6) is -3.57. The Morgan fingerprint density at radius 2 is 2.12 bits per heavy atom. The highest BCUT2D eigenvalue weighted by Gasteiger charge is 2.18. The molecule has 0 saturated heterocycles. The summed E-state index contributed by atoms with van der Waals surface area (Å²) in [7, 11) is 0. The van der Waals surface area contributed by atoms with Gasteiger partial charge in [-0.15, -0.1) is 11.3 Å². The summed E-state index contributed by atoms with van der Waals surface area (Å²) in [5.41, 5.74) is 4.76. The summed E-state index contributed by atoms with van der Waals surface area (Å²) in [6.07, 6.45) is 0. The van der Waals surface area contributed by atoms with Crippen molar-refractivity contribution in [1.82, 2.24) is 4.98 Å². The van der Waals surface area contributed by atoms with E-state index in [1.165, 1.54) is 5.38 Å². The second kappa shape index (κ2) is 5.07. The quantitative estimate of drug-likeness (QED) is 0.295. The van der Waals surface area contributed by atoms with Gasteiger partial charge in [-0.05, 0) is 6.58 Å². The second-order valence-electron chi connectivity index (χ2n) is 2.64. The van der Waals surface area contributed by atoms with Crippen molar-refractivity contribution in [3.63, 3.8) is 0 Å². The molecule has 1 aromatic heterocycles. The molecule has 0 aliphatic rings. The summed E-state index contributed by atoms with van der Waals surface area (Å²) in [5, 5.41) is 21.9. The van der Waals surface area contributed by atoms with Gasteiger partial charge in [0.1, 0.15) is 5.69 Å². The highest BCUT2D eigenvalue weighted by molar-refractivity contribution is 7.13. The number of aromatic nitrogens is 1. The average Bonchev–Trinajstić information content (AvgIpc) is 2.64. The number of anilines is 1. The number of rotatable bonds is 5. The molecule has 0 aromatic carbocycles. The number of carboxylic acids is 2. The van der Waals surface area contributed by atoms with Crippen molar-refractivity contribution in [2.45, 2.75) is 0 Å². The molecule has 1 rings (SSSR count). The maximum atomic E-state index is 10.8. The minimum absolute atomic E-state index is 0.0156. The van der Waals surface area contributed by atoms with Crippen LogP contribution in [0.1, 0.15) is 5.69 Å². The zero-order chi connectivity index (χ0) is 13.0. The number of thiazole rings is 1. The van der Waals surface area contributed by atoms with E-state index in [4.69, 9.17) is 15.9 Å². The number of carbonyl (C=O) groups is 2. The Kier molecular flexibility index (Phi) is 3.78. The van der Waals surface area contributed by atoms with E-state index in [1.54, 1.807) is 0 Å². The first-order chi connectivity index (χ1) is 7.91. The van der Waals surface area contributed by atoms with Crippen molar-refractivity contribution in [3.05, 3.63) is 23.4 Å². The number of aliphatic carboxylic acids is 2. The lowest BCUT2D eigenvalue weighted by Gasteiger charge is -1.98. The van der Waals surface area contributed by atoms with Crippen LogP contribution in [0.15, 0.2) is 22.9 Å². The van der Waals surface area contributed by atoms with Gasteiger partial charge in [-0.2, -0.15) is 0 Å². The lowest BCUT2D eigenvalue weighted by Crippen LogP contribution is -2.16. The molecule has 0 unspecified atom stereocenters. The van der Waals surface area contributed by atoms with Crippen LogP contribution in [0, 0.1) is 0 Å². The van der Waals surface area contributed by atoms with E-state index < -0.39 is 23.4 Å². The first-order valence-electron chi connectivity index (χ1n) is 4.03. The van der Waals surface area contributed by atoms with E-state index in [9.17, 15) is 9.59 Å². The minimum atomic E-state index is -1.45. The fraction of sp³-hybridized carbons (Fsp3) is 0. The molecule has 8 nitrogen and oxygen atoms in total. The van der Waals surface area contributed by atoms with Crippen molar-refractivity contribution in [2.24, 2.45) is 5.16 Å². The van der Waals surface area contributed by atoms with Crippen LogP contribution in [0.4, 0.5) is 5.13 Å². The van der Waals surface area contributed by atoms with Crippen molar-refractivity contribution in [3.8, 4) is 0 Å². The summed E-state index contributed by atoms with van der Waals surface area (Å²) in [6, 6.07) is 0. The summed E-state index contributed by atoms with van der Waals surface area (Å²) in [4.78, 5) is 29.2. The highest BCUT2D eigenvalue weighted by Crippen LogP contribution is 2.12. The molecule has 0 fully saturated rings. The fourth-order valence-corrected chi connectivity index (χ4v) is 1.28. The molecule has 0 bridgehead atoms. The summed E-state index contributed by atoms with van der Waals surface area (Å²) >= 11 is 1.02. The minimum Gasteiger partial charge on any atom is -0.476 e. The van der Waals surface area contributed by atoms with E-state index in [0.717, 1.165) is 11.3 Å². The van der Waals surface area contributed by atoms with Gasteiger partial charge in [-0.3, -0.25) is 0 Å². The predicted octanol–water partition coefficient (Wildman–Crippen LogP) is 0.129. The van der Waals surface area contributed by atoms with Gasteiger partial charge in [0.15, 0.2) is 5.13 Å². The Labute approximate surface area is 98.6 Å².